The molecule has 0 saturated carbocycles. The number of carbonyl (C=O) groups is 1. The minimum Gasteiger partial charge on any atom is -0.465 e. The van der Waals surface area contributed by atoms with Gasteiger partial charge in [0, 0.05) is 13.0 Å². The highest BCUT2D eigenvalue weighted by Crippen LogP contribution is 2.25. The third-order valence-electron chi connectivity index (χ3n) is 2.60. The van der Waals surface area contributed by atoms with Gasteiger partial charge in [-0.05, 0) is 18.8 Å². The number of rotatable bonds is 4. The molecule has 0 spiro atoms. The number of aliphatic hydroxyl groups excluding tert-OH is 1. The minimum absolute atomic E-state index is 0.0127. The molecular weight excluding hydrogens is 180 g/mol. The Bertz CT molecular complexity index is 211. The molecule has 2 unspecified atom stereocenters. The Balaban J connectivity index is 2.32. The SMILES string of the molecule is CC1CC=CCC1C(=O)OCCCO. The topological polar surface area (TPSA) is 46.5 Å². The van der Waals surface area contributed by atoms with Crippen LogP contribution in [0.2, 0.25) is 0 Å². The van der Waals surface area contributed by atoms with E-state index in [2.05, 4.69) is 13.0 Å². The molecule has 1 aliphatic carbocycles. The fourth-order valence-corrected chi connectivity index (χ4v) is 1.62. The molecule has 1 rings (SSSR count). The number of ether oxygens (including phenoxy) is 1. The van der Waals surface area contributed by atoms with Crippen molar-refractivity contribution >= 4 is 5.97 Å². The normalized spacial score (nSPS) is 26.1. The Labute approximate surface area is 84.8 Å². The van der Waals surface area contributed by atoms with Gasteiger partial charge in [0.05, 0.1) is 12.5 Å². The number of aliphatic hydroxyl groups is 1. The van der Waals surface area contributed by atoms with Gasteiger partial charge in [-0.2, -0.15) is 0 Å². The summed E-state index contributed by atoms with van der Waals surface area (Å²) in [5.41, 5.74) is 0. The van der Waals surface area contributed by atoms with Crippen molar-refractivity contribution in [3.8, 4) is 0 Å². The van der Waals surface area contributed by atoms with Crippen LogP contribution >= 0.6 is 0 Å². The van der Waals surface area contributed by atoms with Crippen LogP contribution in [0, 0.1) is 11.8 Å². The predicted molar refractivity (Wildman–Crippen MR) is 53.7 cm³/mol. The van der Waals surface area contributed by atoms with Gasteiger partial charge in [0.25, 0.3) is 0 Å². The predicted octanol–water partition coefficient (Wildman–Crippen LogP) is 1.51. The molecule has 1 N–H and O–H groups in total. The molecule has 0 amide bonds. The van der Waals surface area contributed by atoms with E-state index in [4.69, 9.17) is 9.84 Å². The Morgan fingerprint density at radius 3 is 2.86 bits per heavy atom. The molecule has 1 aliphatic rings. The molecule has 0 bridgehead atoms. The molecule has 2 atom stereocenters. The Kier molecular flexibility index (Phi) is 4.66. The van der Waals surface area contributed by atoms with E-state index < -0.39 is 0 Å². The van der Waals surface area contributed by atoms with Crippen LogP contribution in [0.5, 0.6) is 0 Å². The van der Waals surface area contributed by atoms with Crippen molar-refractivity contribution in [2.75, 3.05) is 13.2 Å². The lowest BCUT2D eigenvalue weighted by molar-refractivity contribution is -0.150. The minimum atomic E-state index is -0.115. The highest BCUT2D eigenvalue weighted by atomic mass is 16.5. The van der Waals surface area contributed by atoms with E-state index in [1.807, 2.05) is 6.08 Å². The Hall–Kier alpha value is -0.830. The van der Waals surface area contributed by atoms with Crippen LogP contribution < -0.4 is 0 Å². The van der Waals surface area contributed by atoms with Gasteiger partial charge >= 0.3 is 5.97 Å². The van der Waals surface area contributed by atoms with Crippen molar-refractivity contribution in [3.05, 3.63) is 12.2 Å². The number of hydrogen-bond acceptors (Lipinski definition) is 3. The van der Waals surface area contributed by atoms with E-state index in [1.54, 1.807) is 0 Å². The van der Waals surface area contributed by atoms with E-state index >= 15 is 0 Å². The summed E-state index contributed by atoms with van der Waals surface area (Å²) in [7, 11) is 0. The Morgan fingerprint density at radius 2 is 2.21 bits per heavy atom. The van der Waals surface area contributed by atoms with Crippen LogP contribution in [0.15, 0.2) is 12.2 Å². The fraction of sp³-hybridized carbons (Fsp3) is 0.727. The lowest BCUT2D eigenvalue weighted by atomic mass is 9.84. The second-order valence-corrected chi connectivity index (χ2v) is 3.77. The van der Waals surface area contributed by atoms with Crippen molar-refractivity contribution in [2.45, 2.75) is 26.2 Å². The van der Waals surface area contributed by atoms with Crippen LogP contribution in [-0.2, 0) is 9.53 Å². The molecule has 0 heterocycles. The molecule has 0 aliphatic heterocycles. The maximum absolute atomic E-state index is 11.5. The van der Waals surface area contributed by atoms with Crippen molar-refractivity contribution in [1.29, 1.82) is 0 Å². The van der Waals surface area contributed by atoms with E-state index in [0.29, 0.717) is 18.9 Å². The first-order chi connectivity index (χ1) is 6.75. The zero-order valence-electron chi connectivity index (χ0n) is 8.61. The third-order valence-corrected chi connectivity index (χ3v) is 2.60. The van der Waals surface area contributed by atoms with Crippen LogP contribution in [0.25, 0.3) is 0 Å². The molecule has 0 aromatic rings. The van der Waals surface area contributed by atoms with Gasteiger partial charge in [-0.3, -0.25) is 4.79 Å². The number of hydrogen-bond donors (Lipinski definition) is 1. The summed E-state index contributed by atoms with van der Waals surface area (Å²) in [6, 6.07) is 0. The van der Waals surface area contributed by atoms with Crippen molar-refractivity contribution < 1.29 is 14.6 Å². The molecule has 0 saturated heterocycles. The van der Waals surface area contributed by atoms with Crippen molar-refractivity contribution in [2.24, 2.45) is 11.8 Å². The molecule has 3 heteroatoms. The van der Waals surface area contributed by atoms with Gasteiger partial charge in [-0.25, -0.2) is 0 Å². The molecule has 0 radical (unpaired) electrons. The molecule has 0 aromatic carbocycles. The fourth-order valence-electron chi connectivity index (χ4n) is 1.62. The van der Waals surface area contributed by atoms with Crippen molar-refractivity contribution in [3.63, 3.8) is 0 Å². The van der Waals surface area contributed by atoms with Gasteiger partial charge < -0.3 is 9.84 Å². The molecule has 0 aromatic heterocycles. The summed E-state index contributed by atoms with van der Waals surface area (Å²) < 4.78 is 5.06. The third kappa shape index (κ3) is 3.14. The molecule has 14 heavy (non-hydrogen) atoms. The van der Waals surface area contributed by atoms with Gasteiger partial charge in [0.15, 0.2) is 0 Å². The van der Waals surface area contributed by atoms with Crippen LogP contribution in [0.3, 0.4) is 0 Å². The lowest BCUT2D eigenvalue weighted by Crippen LogP contribution is -2.25. The van der Waals surface area contributed by atoms with E-state index in [-0.39, 0.29) is 18.5 Å². The summed E-state index contributed by atoms with van der Waals surface area (Å²) in [6.45, 7) is 2.48. The van der Waals surface area contributed by atoms with E-state index in [0.717, 1.165) is 12.8 Å². The zero-order valence-corrected chi connectivity index (χ0v) is 8.61. The highest BCUT2D eigenvalue weighted by Gasteiger charge is 2.26. The van der Waals surface area contributed by atoms with Gasteiger partial charge in [0.1, 0.15) is 0 Å². The summed E-state index contributed by atoms with van der Waals surface area (Å²) in [5, 5.41) is 8.54. The zero-order chi connectivity index (χ0) is 10.4. The quantitative estimate of drug-likeness (QED) is 0.423. The second-order valence-electron chi connectivity index (χ2n) is 3.77. The van der Waals surface area contributed by atoms with Crippen molar-refractivity contribution in [1.82, 2.24) is 0 Å². The van der Waals surface area contributed by atoms with E-state index in [9.17, 15) is 4.79 Å². The highest BCUT2D eigenvalue weighted by molar-refractivity contribution is 5.73. The largest absolute Gasteiger partial charge is 0.465 e. The maximum Gasteiger partial charge on any atom is 0.309 e. The summed E-state index contributed by atoms with van der Waals surface area (Å²) in [5.74, 6) is 0.274. The summed E-state index contributed by atoms with van der Waals surface area (Å²) >= 11 is 0. The smallest absolute Gasteiger partial charge is 0.309 e. The maximum atomic E-state index is 11.5. The number of esters is 1. The van der Waals surface area contributed by atoms with Gasteiger partial charge in [-0.15, -0.1) is 0 Å². The van der Waals surface area contributed by atoms with Crippen LogP contribution in [-0.4, -0.2) is 24.3 Å². The lowest BCUT2D eigenvalue weighted by Gasteiger charge is -2.23. The standard InChI is InChI=1S/C11H18O3/c1-9-5-2-3-6-10(9)11(13)14-8-4-7-12/h2-3,9-10,12H,4-8H2,1H3. The van der Waals surface area contributed by atoms with Gasteiger partial charge in [-0.1, -0.05) is 19.1 Å². The van der Waals surface area contributed by atoms with Crippen LogP contribution in [0.4, 0.5) is 0 Å². The summed E-state index contributed by atoms with van der Waals surface area (Å²) in [6.07, 6.45) is 6.43. The molecule has 0 fully saturated rings. The van der Waals surface area contributed by atoms with Crippen LogP contribution in [0.1, 0.15) is 26.2 Å². The molecular formula is C11H18O3. The monoisotopic (exact) mass is 198 g/mol. The average molecular weight is 198 g/mol. The first-order valence-electron chi connectivity index (χ1n) is 5.18. The first-order valence-corrected chi connectivity index (χ1v) is 5.18. The number of carbonyl (C=O) groups excluding carboxylic acids is 1. The first kappa shape index (κ1) is 11.2. The van der Waals surface area contributed by atoms with E-state index in [1.165, 1.54) is 0 Å². The molecule has 3 nitrogen and oxygen atoms in total. The molecule has 80 valence electrons. The number of allylic oxidation sites excluding steroid dienone is 2. The summed E-state index contributed by atoms with van der Waals surface area (Å²) in [4.78, 5) is 11.5. The second kappa shape index (κ2) is 5.81. The Morgan fingerprint density at radius 1 is 1.50 bits per heavy atom. The average Bonchev–Trinajstić information content (AvgIpc) is 2.18. The van der Waals surface area contributed by atoms with Gasteiger partial charge in [0.2, 0.25) is 0 Å².